The molecule has 156 valence electrons. The van der Waals surface area contributed by atoms with Gasteiger partial charge in [-0.05, 0) is 41.8 Å². The number of nitriles is 1. The van der Waals surface area contributed by atoms with Gasteiger partial charge in [0.25, 0.3) is 0 Å². The average molecular weight is 412 g/mol. The molecule has 1 unspecified atom stereocenters. The molecule has 1 aliphatic rings. The monoisotopic (exact) mass is 411 g/mol. The van der Waals surface area contributed by atoms with E-state index in [-0.39, 0.29) is 5.41 Å². The van der Waals surface area contributed by atoms with Crippen LogP contribution in [0.25, 0.3) is 0 Å². The third kappa shape index (κ3) is 4.37. The van der Waals surface area contributed by atoms with Gasteiger partial charge in [0, 0.05) is 18.0 Å². The Morgan fingerprint density at radius 3 is 2.52 bits per heavy atom. The normalized spacial score (nSPS) is 17.9. The Hall–Kier alpha value is -3.82. The number of nitrogens with zero attached hydrogens (tertiary/aromatic N) is 3. The van der Waals surface area contributed by atoms with Gasteiger partial charge in [0.15, 0.2) is 0 Å². The average Bonchev–Trinajstić information content (AvgIpc) is 3.20. The number of nitrogens with one attached hydrogen (secondary N) is 2. The first-order valence-corrected chi connectivity index (χ1v) is 10.1. The molecule has 0 aliphatic carbocycles. The molecule has 0 saturated heterocycles. The molecule has 2 aromatic carbocycles. The van der Waals surface area contributed by atoms with Crippen LogP contribution in [-0.2, 0) is 5.41 Å². The van der Waals surface area contributed by atoms with Gasteiger partial charge < -0.3 is 10.1 Å². The lowest BCUT2D eigenvalue weighted by Gasteiger charge is -2.28. The molecule has 6 heteroatoms. The molecule has 0 spiro atoms. The highest BCUT2D eigenvalue weighted by Crippen LogP contribution is 2.36. The minimum absolute atomic E-state index is 0.0846. The summed E-state index contributed by atoms with van der Waals surface area (Å²) >= 11 is 0. The Morgan fingerprint density at radius 2 is 1.77 bits per heavy atom. The van der Waals surface area contributed by atoms with Crippen LogP contribution in [-0.4, -0.2) is 10.6 Å². The zero-order valence-corrected chi connectivity index (χ0v) is 17.8. The van der Waals surface area contributed by atoms with Gasteiger partial charge in [0.05, 0.1) is 5.69 Å². The first-order valence-electron chi connectivity index (χ1n) is 10.1. The quantitative estimate of drug-likeness (QED) is 0.590. The third-order valence-corrected chi connectivity index (χ3v) is 4.99. The molecule has 1 aliphatic heterocycles. The van der Waals surface area contributed by atoms with Gasteiger partial charge in [0.1, 0.15) is 17.5 Å². The largest absolute Gasteiger partial charge is 0.437 e. The van der Waals surface area contributed by atoms with E-state index in [1.54, 1.807) is 12.3 Å². The van der Waals surface area contributed by atoms with E-state index in [2.05, 4.69) is 48.6 Å². The topological polar surface area (TPSA) is 73.2 Å². The summed E-state index contributed by atoms with van der Waals surface area (Å²) in [5.74, 6) is 1.14. The van der Waals surface area contributed by atoms with Crippen LogP contribution in [0, 0.1) is 11.3 Å². The molecule has 2 heterocycles. The predicted molar refractivity (Wildman–Crippen MR) is 123 cm³/mol. The van der Waals surface area contributed by atoms with Crippen LogP contribution in [0.1, 0.15) is 26.3 Å². The van der Waals surface area contributed by atoms with Crippen molar-refractivity contribution in [1.82, 2.24) is 10.4 Å². The maximum atomic E-state index is 9.96. The van der Waals surface area contributed by atoms with E-state index in [9.17, 15) is 5.26 Å². The number of rotatable bonds is 5. The molecule has 6 nitrogen and oxygen atoms in total. The highest BCUT2D eigenvalue weighted by atomic mass is 16.5. The van der Waals surface area contributed by atoms with Gasteiger partial charge in [-0.1, -0.05) is 57.2 Å². The number of aromatic nitrogens is 1. The van der Waals surface area contributed by atoms with Crippen LogP contribution in [0.2, 0.25) is 0 Å². The van der Waals surface area contributed by atoms with Crippen molar-refractivity contribution in [3.8, 4) is 17.7 Å². The van der Waals surface area contributed by atoms with Gasteiger partial charge in [0.2, 0.25) is 11.5 Å². The van der Waals surface area contributed by atoms with Crippen molar-refractivity contribution in [1.29, 1.82) is 5.26 Å². The third-order valence-electron chi connectivity index (χ3n) is 4.99. The highest BCUT2D eigenvalue weighted by Gasteiger charge is 2.35. The fourth-order valence-electron chi connectivity index (χ4n) is 3.41. The molecular weight excluding hydrogens is 386 g/mol. The van der Waals surface area contributed by atoms with Crippen LogP contribution < -0.4 is 20.5 Å². The van der Waals surface area contributed by atoms with Crippen molar-refractivity contribution in [2.24, 2.45) is 0 Å². The Labute approximate surface area is 182 Å². The van der Waals surface area contributed by atoms with Crippen LogP contribution in [0.3, 0.4) is 0 Å². The number of hydrogen-bond acceptors (Lipinski definition) is 6. The number of ether oxygens (including phenoxy) is 1. The zero-order chi connectivity index (χ0) is 21.9. The molecule has 0 amide bonds. The van der Waals surface area contributed by atoms with Crippen molar-refractivity contribution >= 4 is 11.4 Å². The smallest absolute Gasteiger partial charge is 0.242 e. The Morgan fingerprint density at radius 1 is 1.03 bits per heavy atom. The number of para-hydroxylation sites is 2. The highest BCUT2D eigenvalue weighted by molar-refractivity contribution is 5.61. The van der Waals surface area contributed by atoms with E-state index < -0.39 is 5.66 Å². The molecule has 4 rings (SSSR count). The maximum Gasteiger partial charge on any atom is 0.242 e. The summed E-state index contributed by atoms with van der Waals surface area (Å²) in [4.78, 5) is 4.42. The van der Waals surface area contributed by atoms with Crippen molar-refractivity contribution in [3.05, 3.63) is 90.8 Å². The first-order chi connectivity index (χ1) is 14.9. The number of hydrazine groups is 1. The van der Waals surface area contributed by atoms with E-state index in [1.807, 2.05) is 71.9 Å². The summed E-state index contributed by atoms with van der Waals surface area (Å²) in [6.07, 6.45) is 5.28. The van der Waals surface area contributed by atoms with E-state index in [4.69, 9.17) is 4.74 Å². The molecule has 31 heavy (non-hydrogen) atoms. The van der Waals surface area contributed by atoms with Crippen molar-refractivity contribution in [3.63, 3.8) is 0 Å². The Kier molecular flexibility index (Phi) is 5.37. The first kappa shape index (κ1) is 20.5. The van der Waals surface area contributed by atoms with Gasteiger partial charge >= 0.3 is 0 Å². The van der Waals surface area contributed by atoms with E-state index in [0.29, 0.717) is 11.6 Å². The fourth-order valence-corrected chi connectivity index (χ4v) is 3.41. The van der Waals surface area contributed by atoms with Crippen LogP contribution in [0.4, 0.5) is 11.4 Å². The molecule has 3 aromatic rings. The van der Waals surface area contributed by atoms with Crippen molar-refractivity contribution < 1.29 is 4.74 Å². The second-order valence-corrected chi connectivity index (χ2v) is 8.38. The second kappa shape index (κ2) is 8.13. The summed E-state index contributed by atoms with van der Waals surface area (Å²) in [6.45, 7) is 6.43. The number of pyridine rings is 1. The molecule has 0 fully saturated rings. The summed E-state index contributed by atoms with van der Waals surface area (Å²) in [7, 11) is 0. The molecule has 0 bridgehead atoms. The van der Waals surface area contributed by atoms with Crippen LogP contribution in [0.15, 0.2) is 85.2 Å². The van der Waals surface area contributed by atoms with E-state index in [1.165, 1.54) is 0 Å². The van der Waals surface area contributed by atoms with E-state index in [0.717, 1.165) is 17.0 Å². The maximum absolute atomic E-state index is 9.96. The van der Waals surface area contributed by atoms with E-state index >= 15 is 0 Å². The SMILES string of the molecule is CC(C)(C)c1ccccc1Oc1ncccc1NC1(C#N)C=CN(c2ccccc2)N1. The molecule has 0 radical (unpaired) electrons. The summed E-state index contributed by atoms with van der Waals surface area (Å²) in [6, 6.07) is 23.7. The molecule has 2 N–H and O–H groups in total. The van der Waals surface area contributed by atoms with Gasteiger partial charge in [-0.15, -0.1) is 0 Å². The molecule has 0 saturated carbocycles. The summed E-state index contributed by atoms with van der Waals surface area (Å²) < 4.78 is 6.23. The number of anilines is 2. The lowest BCUT2D eigenvalue weighted by atomic mass is 9.86. The van der Waals surface area contributed by atoms with Crippen molar-refractivity contribution in [2.45, 2.75) is 31.8 Å². The van der Waals surface area contributed by atoms with Gasteiger partial charge in [-0.3, -0.25) is 5.01 Å². The predicted octanol–water partition coefficient (Wildman–Crippen LogP) is 5.34. The van der Waals surface area contributed by atoms with Gasteiger partial charge in [-0.2, -0.15) is 10.7 Å². The number of hydrogen-bond donors (Lipinski definition) is 2. The van der Waals surface area contributed by atoms with Crippen molar-refractivity contribution in [2.75, 3.05) is 10.3 Å². The molecule has 1 aromatic heterocycles. The Bertz CT molecular complexity index is 1130. The summed E-state index contributed by atoms with van der Waals surface area (Å²) in [5.41, 5.74) is 4.61. The fraction of sp³-hybridized carbons (Fsp3) is 0.200. The van der Waals surface area contributed by atoms with Crippen LogP contribution in [0.5, 0.6) is 11.6 Å². The summed E-state index contributed by atoms with van der Waals surface area (Å²) in [5, 5.41) is 15.0. The van der Waals surface area contributed by atoms with Gasteiger partial charge in [-0.25, -0.2) is 4.98 Å². The lowest BCUT2D eigenvalue weighted by Crippen LogP contribution is -2.51. The molecular formula is C25H25N5O. The standard InChI is InChI=1S/C25H25N5O/c1-24(2,3)20-12-7-8-14-22(20)31-23-21(13-9-16-27-23)28-25(18-26)15-17-30(29-25)19-10-5-4-6-11-19/h4-17,28-29H,1-3H3. The second-order valence-electron chi connectivity index (χ2n) is 8.38. The lowest BCUT2D eigenvalue weighted by molar-refractivity contribution is 0.440. The molecule has 1 atom stereocenters. The van der Waals surface area contributed by atoms with Crippen LogP contribution >= 0.6 is 0 Å². The zero-order valence-electron chi connectivity index (χ0n) is 17.8. The minimum atomic E-state index is -1.14. The number of benzene rings is 2. The minimum Gasteiger partial charge on any atom is -0.437 e. The Balaban J connectivity index is 1.60.